The van der Waals surface area contributed by atoms with Crippen LogP contribution in [0.4, 0.5) is 5.69 Å². The molecule has 0 aliphatic rings. The highest BCUT2D eigenvalue weighted by atomic mass is 32.2. The summed E-state index contributed by atoms with van der Waals surface area (Å²) in [6.07, 6.45) is 0. The number of hydrogen-bond acceptors (Lipinski definition) is 6. The van der Waals surface area contributed by atoms with Gasteiger partial charge in [0.25, 0.3) is 5.69 Å². The molecule has 0 unspecified atom stereocenters. The summed E-state index contributed by atoms with van der Waals surface area (Å²) in [6.45, 7) is 3.86. The molecule has 2 aromatic rings. The fourth-order valence-electron chi connectivity index (χ4n) is 1.85. The van der Waals surface area contributed by atoms with E-state index in [4.69, 9.17) is 0 Å². The number of sulfonamides is 1. The maximum atomic E-state index is 12.1. The summed E-state index contributed by atoms with van der Waals surface area (Å²) in [5, 5.41) is 11.6. The second-order valence-electron chi connectivity index (χ2n) is 4.72. The fourth-order valence-corrected chi connectivity index (χ4v) is 3.93. The Bertz CT molecular complexity index is 780. The number of nitro groups is 1. The molecule has 1 N–H and O–H groups in total. The lowest BCUT2D eigenvalue weighted by molar-refractivity contribution is -0.385. The molecular weight excluding hydrogens is 326 g/mol. The molecule has 9 heteroatoms. The monoisotopic (exact) mass is 341 g/mol. The van der Waals surface area contributed by atoms with Gasteiger partial charge in [-0.1, -0.05) is 18.2 Å². The van der Waals surface area contributed by atoms with Crippen LogP contribution in [0.25, 0.3) is 0 Å². The third kappa shape index (κ3) is 4.09. The van der Waals surface area contributed by atoms with Crippen LogP contribution in [0, 0.1) is 24.0 Å². The van der Waals surface area contributed by atoms with Crippen molar-refractivity contribution in [1.82, 2.24) is 9.71 Å². The number of para-hydroxylation sites is 1. The van der Waals surface area contributed by atoms with Gasteiger partial charge in [-0.05, 0) is 13.8 Å². The minimum absolute atomic E-state index is 0.0856. The number of nitro benzene ring substituents is 1. The molecule has 118 valence electrons. The van der Waals surface area contributed by atoms with Crippen molar-refractivity contribution in [1.29, 1.82) is 0 Å². The van der Waals surface area contributed by atoms with Crippen molar-refractivity contribution in [2.75, 3.05) is 0 Å². The van der Waals surface area contributed by atoms with E-state index in [1.165, 1.54) is 29.5 Å². The lowest BCUT2D eigenvalue weighted by atomic mass is 10.2. The molecule has 0 spiro atoms. The van der Waals surface area contributed by atoms with Gasteiger partial charge in [0, 0.05) is 16.5 Å². The van der Waals surface area contributed by atoms with Crippen molar-refractivity contribution in [3.8, 4) is 0 Å². The first-order valence-corrected chi connectivity index (χ1v) is 8.88. The standard InChI is InChI=1S/C13H15N3O4S2/c1-9-10(2)21-13(15-9)7-14-22(19,20)8-11-5-3-4-6-12(11)16(17)18/h3-6,14H,7-8H2,1-2H3. The number of nitrogens with zero attached hydrogens (tertiary/aromatic N) is 2. The summed E-state index contributed by atoms with van der Waals surface area (Å²) in [6, 6.07) is 5.81. The predicted molar refractivity (Wildman–Crippen MR) is 84.1 cm³/mol. The Labute approximate surface area is 132 Å². The van der Waals surface area contributed by atoms with E-state index in [0.29, 0.717) is 5.01 Å². The molecule has 0 saturated heterocycles. The van der Waals surface area contributed by atoms with Gasteiger partial charge in [-0.3, -0.25) is 10.1 Å². The van der Waals surface area contributed by atoms with E-state index in [1.54, 1.807) is 6.07 Å². The molecule has 22 heavy (non-hydrogen) atoms. The maximum absolute atomic E-state index is 12.1. The van der Waals surface area contributed by atoms with E-state index in [9.17, 15) is 18.5 Å². The van der Waals surface area contributed by atoms with Gasteiger partial charge in [0.1, 0.15) is 5.01 Å². The van der Waals surface area contributed by atoms with Crippen molar-refractivity contribution in [2.24, 2.45) is 0 Å². The second kappa shape index (κ2) is 6.51. The van der Waals surface area contributed by atoms with Crippen LogP contribution in [-0.4, -0.2) is 18.3 Å². The third-order valence-electron chi connectivity index (χ3n) is 3.05. The maximum Gasteiger partial charge on any atom is 0.273 e. The molecule has 0 atom stereocenters. The number of aryl methyl sites for hydroxylation is 2. The van der Waals surface area contributed by atoms with Gasteiger partial charge in [0.2, 0.25) is 10.0 Å². The molecule has 1 aromatic carbocycles. The minimum atomic E-state index is -3.68. The Hall–Kier alpha value is -1.84. The number of thiazole rings is 1. The van der Waals surface area contributed by atoms with Gasteiger partial charge in [-0.15, -0.1) is 11.3 Å². The first-order chi connectivity index (χ1) is 10.3. The summed E-state index contributed by atoms with van der Waals surface area (Å²) in [7, 11) is -3.68. The summed E-state index contributed by atoms with van der Waals surface area (Å²) >= 11 is 1.42. The van der Waals surface area contributed by atoms with Crippen molar-refractivity contribution < 1.29 is 13.3 Å². The lowest BCUT2D eigenvalue weighted by Crippen LogP contribution is -2.25. The van der Waals surface area contributed by atoms with Crippen LogP contribution in [0.1, 0.15) is 21.1 Å². The molecule has 1 aromatic heterocycles. The van der Waals surface area contributed by atoms with Crippen LogP contribution in [0.3, 0.4) is 0 Å². The van der Waals surface area contributed by atoms with Crippen LogP contribution in [-0.2, 0) is 22.3 Å². The third-order valence-corrected chi connectivity index (χ3v) is 5.40. The van der Waals surface area contributed by atoms with Crippen molar-refractivity contribution >= 4 is 27.0 Å². The van der Waals surface area contributed by atoms with Gasteiger partial charge in [0.05, 0.1) is 22.9 Å². The van der Waals surface area contributed by atoms with E-state index in [0.717, 1.165) is 10.6 Å². The molecular formula is C13H15N3O4S2. The normalized spacial score (nSPS) is 11.5. The molecule has 0 saturated carbocycles. The quantitative estimate of drug-likeness (QED) is 0.641. The van der Waals surface area contributed by atoms with Crippen LogP contribution in [0.5, 0.6) is 0 Å². The highest BCUT2D eigenvalue weighted by Crippen LogP contribution is 2.20. The smallest absolute Gasteiger partial charge is 0.258 e. The minimum Gasteiger partial charge on any atom is -0.258 e. The fraction of sp³-hybridized carbons (Fsp3) is 0.308. The molecule has 0 radical (unpaired) electrons. The Morgan fingerprint density at radius 3 is 2.59 bits per heavy atom. The molecule has 1 heterocycles. The topological polar surface area (TPSA) is 102 Å². The predicted octanol–water partition coefficient (Wildman–Crippen LogP) is 2.29. The first kappa shape index (κ1) is 16.5. The van der Waals surface area contributed by atoms with Crippen LogP contribution < -0.4 is 4.72 Å². The zero-order chi connectivity index (χ0) is 16.3. The first-order valence-electron chi connectivity index (χ1n) is 6.41. The van der Waals surface area contributed by atoms with Crippen LogP contribution in [0.15, 0.2) is 24.3 Å². The highest BCUT2D eigenvalue weighted by Gasteiger charge is 2.20. The Balaban J connectivity index is 2.10. The summed E-state index contributed by atoms with van der Waals surface area (Å²) in [5.74, 6) is -0.437. The van der Waals surface area contributed by atoms with Crippen molar-refractivity contribution in [3.63, 3.8) is 0 Å². The Morgan fingerprint density at radius 1 is 1.32 bits per heavy atom. The second-order valence-corrected chi connectivity index (χ2v) is 7.81. The largest absolute Gasteiger partial charge is 0.273 e. The van der Waals surface area contributed by atoms with Gasteiger partial charge < -0.3 is 0 Å². The van der Waals surface area contributed by atoms with Gasteiger partial charge in [-0.25, -0.2) is 18.1 Å². The molecule has 0 amide bonds. The van der Waals surface area contributed by atoms with E-state index < -0.39 is 20.7 Å². The van der Waals surface area contributed by atoms with Crippen molar-refractivity contribution in [2.45, 2.75) is 26.1 Å². The molecule has 0 aliphatic heterocycles. The van der Waals surface area contributed by atoms with E-state index in [-0.39, 0.29) is 17.8 Å². The lowest BCUT2D eigenvalue weighted by Gasteiger charge is -2.06. The number of hydrogen-bond donors (Lipinski definition) is 1. The molecule has 2 rings (SSSR count). The summed E-state index contributed by atoms with van der Waals surface area (Å²) < 4.78 is 26.6. The van der Waals surface area contributed by atoms with Gasteiger partial charge in [0.15, 0.2) is 0 Å². The van der Waals surface area contributed by atoms with E-state index in [1.807, 2.05) is 13.8 Å². The van der Waals surface area contributed by atoms with E-state index in [2.05, 4.69) is 9.71 Å². The van der Waals surface area contributed by atoms with Crippen LogP contribution >= 0.6 is 11.3 Å². The van der Waals surface area contributed by atoms with Gasteiger partial charge in [-0.2, -0.15) is 0 Å². The number of aromatic nitrogens is 1. The zero-order valence-corrected chi connectivity index (χ0v) is 13.7. The summed E-state index contributed by atoms with van der Waals surface area (Å²) in [4.78, 5) is 15.6. The number of benzene rings is 1. The number of rotatable bonds is 6. The average molecular weight is 341 g/mol. The Kier molecular flexibility index (Phi) is 4.89. The zero-order valence-electron chi connectivity index (χ0n) is 12.1. The van der Waals surface area contributed by atoms with Gasteiger partial charge >= 0.3 is 0 Å². The SMILES string of the molecule is Cc1nc(CNS(=O)(=O)Cc2ccccc2[N+](=O)[O-])sc1C. The molecule has 7 nitrogen and oxygen atoms in total. The Morgan fingerprint density at radius 2 is 2.00 bits per heavy atom. The van der Waals surface area contributed by atoms with Crippen LogP contribution in [0.2, 0.25) is 0 Å². The van der Waals surface area contributed by atoms with Crippen molar-refractivity contribution in [3.05, 3.63) is 55.5 Å². The average Bonchev–Trinajstić information content (AvgIpc) is 2.76. The summed E-state index contributed by atoms with van der Waals surface area (Å²) in [5.41, 5.74) is 0.832. The van der Waals surface area contributed by atoms with E-state index >= 15 is 0 Å². The molecule has 0 aliphatic carbocycles. The highest BCUT2D eigenvalue weighted by molar-refractivity contribution is 7.88. The molecule has 0 fully saturated rings. The molecule has 0 bridgehead atoms. The number of nitrogens with one attached hydrogen (secondary N) is 1.